The van der Waals surface area contributed by atoms with Crippen LogP contribution in [0.2, 0.25) is 0 Å². The molecule has 0 atom stereocenters. The van der Waals surface area contributed by atoms with E-state index in [4.69, 9.17) is 0 Å². The van der Waals surface area contributed by atoms with Crippen LogP contribution in [0.5, 0.6) is 0 Å². The maximum Gasteiger partial charge on any atom is 0.185 e. The van der Waals surface area contributed by atoms with E-state index in [1.54, 1.807) is 24.3 Å². The molecule has 0 aliphatic rings. The first-order chi connectivity index (χ1) is 9.40. The third-order valence-electron chi connectivity index (χ3n) is 3.12. The topological polar surface area (TPSA) is 51.2 Å². The van der Waals surface area contributed by atoms with Crippen molar-refractivity contribution in [3.8, 4) is 0 Å². The fraction of sp³-hybridized carbons (Fsp3) is 0.188. The summed E-state index contributed by atoms with van der Waals surface area (Å²) >= 11 is 0. The van der Waals surface area contributed by atoms with Crippen LogP contribution in [-0.4, -0.2) is 20.0 Å². The predicted octanol–water partition coefficient (Wildman–Crippen LogP) is 2.96. The second-order valence-corrected chi connectivity index (χ2v) is 6.80. The molecule has 20 heavy (non-hydrogen) atoms. The molecule has 0 unspecified atom stereocenters. The van der Waals surface area contributed by atoms with E-state index >= 15 is 0 Å². The molecule has 0 aromatic heterocycles. The van der Waals surface area contributed by atoms with Crippen molar-refractivity contribution in [3.63, 3.8) is 0 Å². The lowest BCUT2D eigenvalue weighted by atomic mass is 10.0. The molecule has 4 heteroatoms. The molecule has 0 spiro atoms. The number of aryl methyl sites for hydroxylation is 2. The van der Waals surface area contributed by atoms with Gasteiger partial charge in [-0.1, -0.05) is 35.9 Å². The average molecular weight is 288 g/mol. The van der Waals surface area contributed by atoms with E-state index in [0.29, 0.717) is 5.56 Å². The Labute approximate surface area is 119 Å². The minimum atomic E-state index is -3.59. The van der Waals surface area contributed by atoms with Crippen molar-refractivity contribution in [1.29, 1.82) is 0 Å². The van der Waals surface area contributed by atoms with Crippen molar-refractivity contribution < 1.29 is 13.2 Å². The molecule has 2 aromatic carbocycles. The van der Waals surface area contributed by atoms with Gasteiger partial charge in [-0.2, -0.15) is 0 Å². The summed E-state index contributed by atoms with van der Waals surface area (Å²) in [5.74, 6) is -0.864. The van der Waals surface area contributed by atoms with E-state index in [9.17, 15) is 13.2 Å². The van der Waals surface area contributed by atoms with E-state index in [1.165, 1.54) is 12.1 Å². The number of hydrogen-bond donors (Lipinski definition) is 0. The van der Waals surface area contributed by atoms with Crippen LogP contribution in [0, 0.1) is 13.8 Å². The van der Waals surface area contributed by atoms with Crippen LogP contribution >= 0.6 is 0 Å². The summed E-state index contributed by atoms with van der Waals surface area (Å²) < 4.78 is 24.4. The molecule has 0 bridgehead atoms. The third kappa shape index (κ3) is 3.14. The zero-order chi connectivity index (χ0) is 14.8. The maximum atomic E-state index is 12.2. The first-order valence-corrected chi connectivity index (χ1v) is 7.93. The Kier molecular flexibility index (Phi) is 4.04. The maximum absolute atomic E-state index is 12.2. The first kappa shape index (κ1) is 14.5. The first-order valence-electron chi connectivity index (χ1n) is 6.28. The van der Waals surface area contributed by atoms with Crippen molar-refractivity contribution in [2.75, 3.05) is 5.75 Å². The predicted molar refractivity (Wildman–Crippen MR) is 78.7 cm³/mol. The molecule has 0 fully saturated rings. The molecular weight excluding hydrogens is 272 g/mol. The molecule has 2 aromatic rings. The SMILES string of the molecule is Cc1ccc(C)c(C(=O)CS(=O)(=O)c2ccccc2)c1. The van der Waals surface area contributed by atoms with Crippen molar-refractivity contribution in [2.24, 2.45) is 0 Å². The van der Waals surface area contributed by atoms with Crippen molar-refractivity contribution in [1.82, 2.24) is 0 Å². The van der Waals surface area contributed by atoms with Crippen LogP contribution in [0.15, 0.2) is 53.4 Å². The van der Waals surface area contributed by atoms with E-state index in [1.807, 2.05) is 26.0 Å². The second-order valence-electron chi connectivity index (χ2n) is 4.81. The fourth-order valence-electron chi connectivity index (χ4n) is 2.00. The molecular formula is C16H16O3S. The van der Waals surface area contributed by atoms with Gasteiger partial charge in [-0.3, -0.25) is 4.79 Å². The van der Waals surface area contributed by atoms with E-state index in [0.717, 1.165) is 11.1 Å². The number of carbonyl (C=O) groups is 1. The second kappa shape index (κ2) is 5.59. The fourth-order valence-corrected chi connectivity index (χ4v) is 3.24. The highest BCUT2D eigenvalue weighted by Crippen LogP contribution is 2.16. The van der Waals surface area contributed by atoms with Crippen LogP contribution in [0.4, 0.5) is 0 Å². The minimum absolute atomic E-state index is 0.179. The standard InChI is InChI=1S/C16H16O3S/c1-12-8-9-13(2)15(10-12)16(17)11-20(18,19)14-6-4-3-5-7-14/h3-10H,11H2,1-2H3. The number of rotatable bonds is 4. The highest BCUT2D eigenvalue weighted by molar-refractivity contribution is 7.92. The molecule has 0 amide bonds. The quantitative estimate of drug-likeness (QED) is 0.813. The van der Waals surface area contributed by atoms with Crippen molar-refractivity contribution >= 4 is 15.6 Å². The van der Waals surface area contributed by atoms with Crippen LogP contribution in [-0.2, 0) is 9.84 Å². The Hall–Kier alpha value is -1.94. The van der Waals surface area contributed by atoms with Gasteiger partial charge in [0.15, 0.2) is 15.6 Å². The number of hydrogen-bond acceptors (Lipinski definition) is 3. The summed E-state index contributed by atoms with van der Waals surface area (Å²) in [5.41, 5.74) is 2.21. The lowest BCUT2D eigenvalue weighted by molar-refractivity contribution is 0.102. The smallest absolute Gasteiger partial charge is 0.185 e. The van der Waals surface area contributed by atoms with Crippen LogP contribution in [0.3, 0.4) is 0 Å². The Morgan fingerprint density at radius 1 is 1.00 bits per heavy atom. The summed E-state index contributed by atoms with van der Waals surface area (Å²) in [5, 5.41) is 0. The van der Waals surface area contributed by atoms with Gasteiger partial charge < -0.3 is 0 Å². The van der Waals surface area contributed by atoms with Gasteiger partial charge >= 0.3 is 0 Å². The summed E-state index contributed by atoms with van der Waals surface area (Å²) in [6.45, 7) is 3.68. The normalized spacial score (nSPS) is 11.3. The van der Waals surface area contributed by atoms with Crippen LogP contribution in [0.1, 0.15) is 21.5 Å². The van der Waals surface area contributed by atoms with E-state index in [2.05, 4.69) is 0 Å². The molecule has 0 saturated carbocycles. The molecule has 0 radical (unpaired) electrons. The summed E-state index contributed by atoms with van der Waals surface area (Å²) in [4.78, 5) is 12.4. The van der Waals surface area contributed by atoms with Gasteiger partial charge in [0, 0.05) is 5.56 Å². The number of carbonyl (C=O) groups excluding carboxylic acids is 1. The molecule has 3 nitrogen and oxygen atoms in total. The van der Waals surface area contributed by atoms with E-state index < -0.39 is 15.6 Å². The molecule has 104 valence electrons. The number of sulfone groups is 1. The molecule has 0 heterocycles. The highest BCUT2D eigenvalue weighted by Gasteiger charge is 2.21. The lowest BCUT2D eigenvalue weighted by Crippen LogP contribution is -2.17. The summed E-state index contributed by atoms with van der Waals surface area (Å²) in [7, 11) is -3.59. The third-order valence-corrected chi connectivity index (χ3v) is 4.75. The van der Waals surface area contributed by atoms with Gasteiger partial charge in [-0.15, -0.1) is 0 Å². The zero-order valence-electron chi connectivity index (χ0n) is 11.5. The van der Waals surface area contributed by atoms with Crippen LogP contribution in [0.25, 0.3) is 0 Å². The number of ketones is 1. The van der Waals surface area contributed by atoms with Crippen molar-refractivity contribution in [2.45, 2.75) is 18.7 Å². The van der Waals surface area contributed by atoms with E-state index in [-0.39, 0.29) is 10.7 Å². The minimum Gasteiger partial charge on any atom is -0.293 e. The lowest BCUT2D eigenvalue weighted by Gasteiger charge is -2.07. The van der Waals surface area contributed by atoms with Crippen molar-refractivity contribution in [3.05, 3.63) is 65.2 Å². The van der Waals surface area contributed by atoms with Gasteiger partial charge in [0.25, 0.3) is 0 Å². The number of benzene rings is 2. The summed E-state index contributed by atoms with van der Waals surface area (Å²) in [6, 6.07) is 13.5. The monoisotopic (exact) mass is 288 g/mol. The van der Waals surface area contributed by atoms with Gasteiger partial charge in [0.2, 0.25) is 0 Å². The van der Waals surface area contributed by atoms with Gasteiger partial charge in [-0.05, 0) is 37.6 Å². The van der Waals surface area contributed by atoms with Crippen LogP contribution < -0.4 is 0 Å². The summed E-state index contributed by atoms with van der Waals surface area (Å²) in [6.07, 6.45) is 0. The Balaban J connectivity index is 2.30. The molecule has 0 N–H and O–H groups in total. The zero-order valence-corrected chi connectivity index (χ0v) is 12.3. The van der Waals surface area contributed by atoms with Gasteiger partial charge in [0.05, 0.1) is 4.90 Å². The molecule has 0 aliphatic heterocycles. The molecule has 0 saturated heterocycles. The molecule has 0 aliphatic carbocycles. The number of Topliss-reactive ketones (excluding diaryl/α,β-unsaturated/α-hetero) is 1. The Bertz CT molecular complexity index is 732. The largest absolute Gasteiger partial charge is 0.293 e. The average Bonchev–Trinajstić information content (AvgIpc) is 2.42. The molecule has 2 rings (SSSR count). The van der Waals surface area contributed by atoms with Gasteiger partial charge in [-0.25, -0.2) is 8.42 Å². The Morgan fingerprint density at radius 2 is 1.65 bits per heavy atom. The Morgan fingerprint density at radius 3 is 2.30 bits per heavy atom. The van der Waals surface area contributed by atoms with Gasteiger partial charge in [0.1, 0.15) is 5.75 Å². The highest BCUT2D eigenvalue weighted by atomic mass is 32.2.